The lowest BCUT2D eigenvalue weighted by molar-refractivity contribution is 0.00785. The average Bonchev–Trinajstić information content (AvgIpc) is 3.09. The maximum Gasteiger partial charge on any atom is 0.0555 e. The molecular formula is C15H29NO. The number of aliphatic hydroxyl groups excluding tert-OH is 1. The number of hydrogen-bond donors (Lipinski definition) is 1. The van der Waals surface area contributed by atoms with Gasteiger partial charge in [0.2, 0.25) is 0 Å². The van der Waals surface area contributed by atoms with Gasteiger partial charge in [0.05, 0.1) is 6.10 Å². The molecule has 0 aromatic carbocycles. The highest BCUT2D eigenvalue weighted by atomic mass is 16.3. The highest BCUT2D eigenvalue weighted by molar-refractivity contribution is 4.95. The van der Waals surface area contributed by atoms with Crippen LogP contribution in [0.2, 0.25) is 0 Å². The molecule has 2 aliphatic rings. The number of aliphatic hydroxyl groups is 1. The van der Waals surface area contributed by atoms with Crippen molar-refractivity contribution in [3.63, 3.8) is 0 Å². The van der Waals surface area contributed by atoms with Gasteiger partial charge in [0, 0.05) is 12.1 Å². The fourth-order valence-electron chi connectivity index (χ4n) is 3.59. The minimum atomic E-state index is -0.0480. The molecule has 2 fully saturated rings. The molecule has 1 N–H and O–H groups in total. The zero-order valence-electron chi connectivity index (χ0n) is 11.7. The van der Waals surface area contributed by atoms with Crippen molar-refractivity contribution in [2.75, 3.05) is 6.54 Å². The molecule has 2 aliphatic carbocycles. The van der Waals surface area contributed by atoms with E-state index in [1.807, 2.05) is 0 Å². The first-order chi connectivity index (χ1) is 8.13. The Morgan fingerprint density at radius 1 is 1.18 bits per heavy atom. The van der Waals surface area contributed by atoms with E-state index in [1.165, 1.54) is 32.2 Å². The largest absolute Gasteiger partial charge is 0.393 e. The molecule has 0 aromatic rings. The molecular weight excluding hydrogens is 210 g/mol. The zero-order valence-corrected chi connectivity index (χ0v) is 11.7. The van der Waals surface area contributed by atoms with E-state index in [9.17, 15) is 5.11 Å². The molecule has 2 nitrogen and oxygen atoms in total. The number of rotatable bonds is 5. The quantitative estimate of drug-likeness (QED) is 0.797. The second-order valence-corrected chi connectivity index (χ2v) is 6.41. The Hall–Kier alpha value is -0.0800. The van der Waals surface area contributed by atoms with Gasteiger partial charge >= 0.3 is 0 Å². The molecule has 0 bridgehead atoms. The molecule has 0 aliphatic heterocycles. The maximum absolute atomic E-state index is 9.97. The Bertz CT molecular complexity index is 237. The molecule has 3 atom stereocenters. The monoisotopic (exact) mass is 239 g/mol. The molecule has 2 rings (SSSR count). The van der Waals surface area contributed by atoms with E-state index in [2.05, 4.69) is 25.7 Å². The van der Waals surface area contributed by atoms with Crippen LogP contribution in [0, 0.1) is 11.8 Å². The van der Waals surface area contributed by atoms with Gasteiger partial charge in [-0.05, 0) is 56.9 Å². The van der Waals surface area contributed by atoms with Crippen molar-refractivity contribution in [3.8, 4) is 0 Å². The second kappa shape index (κ2) is 5.71. The van der Waals surface area contributed by atoms with Gasteiger partial charge in [-0.25, -0.2) is 0 Å². The van der Waals surface area contributed by atoms with Crippen molar-refractivity contribution in [1.82, 2.24) is 4.90 Å². The fourth-order valence-corrected chi connectivity index (χ4v) is 3.59. The summed E-state index contributed by atoms with van der Waals surface area (Å²) in [4.78, 5) is 2.73. The minimum absolute atomic E-state index is 0.0480. The summed E-state index contributed by atoms with van der Waals surface area (Å²) in [7, 11) is 0. The lowest BCUT2D eigenvalue weighted by atomic mass is 9.76. The summed E-state index contributed by atoms with van der Waals surface area (Å²) >= 11 is 0. The molecule has 0 aromatic heterocycles. The predicted molar refractivity (Wildman–Crippen MR) is 72.0 cm³/mol. The van der Waals surface area contributed by atoms with Gasteiger partial charge in [-0.15, -0.1) is 0 Å². The van der Waals surface area contributed by atoms with Crippen molar-refractivity contribution in [2.24, 2.45) is 11.8 Å². The van der Waals surface area contributed by atoms with Crippen LogP contribution in [0.15, 0.2) is 0 Å². The zero-order chi connectivity index (χ0) is 12.4. The van der Waals surface area contributed by atoms with Crippen LogP contribution in [-0.2, 0) is 0 Å². The number of nitrogens with zero attached hydrogens (tertiary/aromatic N) is 1. The van der Waals surface area contributed by atoms with Gasteiger partial charge in [-0.1, -0.05) is 20.8 Å². The van der Waals surface area contributed by atoms with E-state index in [1.54, 1.807) is 0 Å². The first-order valence-corrected chi connectivity index (χ1v) is 7.57. The van der Waals surface area contributed by atoms with E-state index in [0.717, 1.165) is 30.7 Å². The Morgan fingerprint density at radius 3 is 2.41 bits per heavy atom. The molecule has 17 heavy (non-hydrogen) atoms. The standard InChI is InChI=1S/C15H29NO/c1-4-9-16(12-5-6-12)15-10-13(17)7-8-14(15)11(2)3/h11-15,17H,4-10H2,1-3H3. The van der Waals surface area contributed by atoms with Gasteiger partial charge < -0.3 is 5.11 Å². The molecule has 0 spiro atoms. The summed E-state index contributed by atoms with van der Waals surface area (Å²) in [6.07, 6.45) is 7.22. The Balaban J connectivity index is 2.05. The van der Waals surface area contributed by atoms with E-state index in [-0.39, 0.29) is 6.10 Å². The molecule has 0 radical (unpaired) electrons. The van der Waals surface area contributed by atoms with E-state index < -0.39 is 0 Å². The third-order valence-electron chi connectivity index (χ3n) is 4.62. The van der Waals surface area contributed by atoms with Gasteiger partial charge in [0.15, 0.2) is 0 Å². The summed E-state index contributed by atoms with van der Waals surface area (Å²) in [5.74, 6) is 1.55. The van der Waals surface area contributed by atoms with Crippen LogP contribution in [0.4, 0.5) is 0 Å². The van der Waals surface area contributed by atoms with Gasteiger partial charge in [-0.2, -0.15) is 0 Å². The van der Waals surface area contributed by atoms with E-state index in [0.29, 0.717) is 6.04 Å². The molecule has 2 saturated carbocycles. The molecule has 100 valence electrons. The maximum atomic E-state index is 9.97. The van der Waals surface area contributed by atoms with Crippen LogP contribution in [0.3, 0.4) is 0 Å². The molecule has 2 heteroatoms. The average molecular weight is 239 g/mol. The predicted octanol–water partition coefficient (Wildman–Crippen LogP) is 3.05. The van der Waals surface area contributed by atoms with Crippen molar-refractivity contribution >= 4 is 0 Å². The normalized spacial score (nSPS) is 34.6. The van der Waals surface area contributed by atoms with Crippen LogP contribution in [-0.4, -0.2) is 34.7 Å². The van der Waals surface area contributed by atoms with Gasteiger partial charge in [0.1, 0.15) is 0 Å². The highest BCUT2D eigenvalue weighted by Crippen LogP contribution is 2.39. The molecule has 3 unspecified atom stereocenters. The third-order valence-corrected chi connectivity index (χ3v) is 4.62. The summed E-state index contributed by atoms with van der Waals surface area (Å²) in [6.45, 7) is 8.21. The third kappa shape index (κ3) is 3.23. The first kappa shape index (κ1) is 13.4. The summed E-state index contributed by atoms with van der Waals surface area (Å²) in [5.41, 5.74) is 0. The Kier molecular flexibility index (Phi) is 4.48. The Morgan fingerprint density at radius 2 is 1.88 bits per heavy atom. The summed E-state index contributed by atoms with van der Waals surface area (Å²) in [5, 5.41) is 9.97. The van der Waals surface area contributed by atoms with Crippen LogP contribution >= 0.6 is 0 Å². The van der Waals surface area contributed by atoms with Crippen LogP contribution in [0.25, 0.3) is 0 Å². The SMILES string of the molecule is CCCN(C1CC1)C1CC(O)CCC1C(C)C. The number of hydrogen-bond acceptors (Lipinski definition) is 2. The molecule has 0 saturated heterocycles. The van der Waals surface area contributed by atoms with Crippen molar-refractivity contribution in [1.29, 1.82) is 0 Å². The first-order valence-electron chi connectivity index (χ1n) is 7.57. The second-order valence-electron chi connectivity index (χ2n) is 6.41. The van der Waals surface area contributed by atoms with Gasteiger partial charge in [-0.3, -0.25) is 4.90 Å². The lowest BCUT2D eigenvalue weighted by Crippen LogP contribution is -2.48. The van der Waals surface area contributed by atoms with Crippen LogP contribution in [0.1, 0.15) is 59.3 Å². The van der Waals surface area contributed by atoms with Crippen LogP contribution < -0.4 is 0 Å². The van der Waals surface area contributed by atoms with Crippen molar-refractivity contribution in [3.05, 3.63) is 0 Å². The highest BCUT2D eigenvalue weighted by Gasteiger charge is 2.40. The topological polar surface area (TPSA) is 23.5 Å². The summed E-state index contributed by atoms with van der Waals surface area (Å²) in [6, 6.07) is 1.48. The fraction of sp³-hybridized carbons (Fsp3) is 1.00. The van der Waals surface area contributed by atoms with Crippen molar-refractivity contribution in [2.45, 2.75) is 77.5 Å². The summed E-state index contributed by atoms with van der Waals surface area (Å²) < 4.78 is 0. The van der Waals surface area contributed by atoms with Crippen LogP contribution in [0.5, 0.6) is 0 Å². The van der Waals surface area contributed by atoms with Gasteiger partial charge in [0.25, 0.3) is 0 Å². The smallest absolute Gasteiger partial charge is 0.0555 e. The van der Waals surface area contributed by atoms with E-state index >= 15 is 0 Å². The Labute approximate surface area is 106 Å². The molecule has 0 amide bonds. The van der Waals surface area contributed by atoms with E-state index in [4.69, 9.17) is 0 Å². The van der Waals surface area contributed by atoms with Crippen molar-refractivity contribution < 1.29 is 5.11 Å². The minimum Gasteiger partial charge on any atom is -0.393 e. The molecule has 0 heterocycles. The lowest BCUT2D eigenvalue weighted by Gasteiger charge is -2.43.